The maximum absolute atomic E-state index is 13.1. The zero-order chi connectivity index (χ0) is 24.3. The Labute approximate surface area is 189 Å². The standard InChI is InChI=1S/C20H20F6N8/c1-12-29-14(20(24,25)26)6-15(30-12)32-4-2-18(3-5-32)9-33(10-18)17-27-7-13-8-28-34(16(13)31-17)11-19(21,22)23/h6-8H,2-5,9-11H2,1H3. The van der Waals surface area contributed by atoms with Crippen molar-refractivity contribution in [2.75, 3.05) is 36.0 Å². The highest BCUT2D eigenvalue weighted by Crippen LogP contribution is 2.43. The van der Waals surface area contributed by atoms with Crippen molar-refractivity contribution >= 4 is 22.8 Å². The Morgan fingerprint density at radius 1 is 0.941 bits per heavy atom. The van der Waals surface area contributed by atoms with Crippen LogP contribution in [0, 0.1) is 12.3 Å². The Bertz CT molecular complexity index is 1200. The summed E-state index contributed by atoms with van der Waals surface area (Å²) in [5, 5.41) is 4.19. The first-order valence-electron chi connectivity index (χ1n) is 10.6. The molecule has 0 radical (unpaired) electrons. The van der Waals surface area contributed by atoms with Crippen molar-refractivity contribution < 1.29 is 26.3 Å². The maximum Gasteiger partial charge on any atom is 0.433 e. The van der Waals surface area contributed by atoms with Crippen LogP contribution in [0.25, 0.3) is 11.0 Å². The maximum atomic E-state index is 13.1. The molecule has 0 N–H and O–H groups in total. The van der Waals surface area contributed by atoms with Crippen LogP contribution in [-0.4, -0.2) is 62.1 Å². The van der Waals surface area contributed by atoms with E-state index >= 15 is 0 Å². The molecule has 2 aliphatic rings. The molecule has 2 fully saturated rings. The summed E-state index contributed by atoms with van der Waals surface area (Å²) in [5.41, 5.74) is -0.879. The van der Waals surface area contributed by atoms with E-state index in [4.69, 9.17) is 0 Å². The Kier molecular flexibility index (Phi) is 5.09. The van der Waals surface area contributed by atoms with Gasteiger partial charge in [-0.05, 0) is 19.8 Å². The molecule has 2 saturated heterocycles. The van der Waals surface area contributed by atoms with Crippen LogP contribution in [-0.2, 0) is 12.7 Å². The zero-order valence-electron chi connectivity index (χ0n) is 18.0. The second-order valence-corrected chi connectivity index (χ2v) is 8.87. The quantitative estimate of drug-likeness (QED) is 0.524. The third-order valence-electron chi connectivity index (χ3n) is 6.29. The highest BCUT2D eigenvalue weighted by Gasteiger charge is 2.46. The second kappa shape index (κ2) is 7.67. The summed E-state index contributed by atoms with van der Waals surface area (Å²) >= 11 is 0. The Morgan fingerprint density at radius 2 is 1.65 bits per heavy atom. The van der Waals surface area contributed by atoms with Gasteiger partial charge in [-0.1, -0.05) is 0 Å². The summed E-state index contributed by atoms with van der Waals surface area (Å²) in [7, 11) is 0. The third kappa shape index (κ3) is 4.32. The predicted octanol–water partition coefficient (Wildman–Crippen LogP) is 3.61. The molecule has 0 saturated carbocycles. The molecule has 5 heterocycles. The first kappa shape index (κ1) is 22.6. The van der Waals surface area contributed by atoms with Crippen LogP contribution >= 0.6 is 0 Å². The van der Waals surface area contributed by atoms with E-state index in [1.54, 1.807) is 0 Å². The largest absolute Gasteiger partial charge is 0.433 e. The zero-order valence-corrected chi connectivity index (χ0v) is 18.0. The van der Waals surface area contributed by atoms with Gasteiger partial charge in [0.1, 0.15) is 23.9 Å². The number of piperidine rings is 1. The molecule has 3 aromatic rings. The lowest BCUT2D eigenvalue weighted by atomic mass is 9.72. The molecule has 14 heteroatoms. The topological polar surface area (TPSA) is 75.9 Å². The fourth-order valence-electron chi connectivity index (χ4n) is 4.59. The lowest BCUT2D eigenvalue weighted by molar-refractivity contribution is -0.142. The third-order valence-corrected chi connectivity index (χ3v) is 6.29. The van der Waals surface area contributed by atoms with E-state index in [0.29, 0.717) is 37.5 Å². The molecular weight excluding hydrogens is 466 g/mol. The molecule has 0 amide bonds. The summed E-state index contributed by atoms with van der Waals surface area (Å²) in [5.74, 6) is 0.667. The normalized spacial score (nSPS) is 18.6. The number of aromatic nitrogens is 6. The summed E-state index contributed by atoms with van der Waals surface area (Å²) in [6, 6.07) is 0.977. The molecule has 2 aliphatic heterocycles. The lowest BCUT2D eigenvalue weighted by Crippen LogP contribution is -2.61. The van der Waals surface area contributed by atoms with Gasteiger partial charge < -0.3 is 9.80 Å². The van der Waals surface area contributed by atoms with E-state index in [-0.39, 0.29) is 22.7 Å². The van der Waals surface area contributed by atoms with Gasteiger partial charge in [-0.2, -0.15) is 36.4 Å². The van der Waals surface area contributed by atoms with Crippen LogP contribution in [0.2, 0.25) is 0 Å². The van der Waals surface area contributed by atoms with Crippen LogP contribution in [0.4, 0.5) is 38.1 Å². The van der Waals surface area contributed by atoms with E-state index in [2.05, 4.69) is 25.0 Å². The number of halogens is 6. The fourth-order valence-corrected chi connectivity index (χ4v) is 4.59. The number of anilines is 2. The fraction of sp³-hybridized carbons (Fsp3) is 0.550. The molecule has 0 atom stereocenters. The molecule has 34 heavy (non-hydrogen) atoms. The molecule has 0 unspecified atom stereocenters. The summed E-state index contributed by atoms with van der Waals surface area (Å²) in [4.78, 5) is 20.0. The van der Waals surface area contributed by atoms with Crippen LogP contribution in [0.1, 0.15) is 24.4 Å². The minimum absolute atomic E-state index is 0.0457. The average Bonchev–Trinajstić information content (AvgIpc) is 3.11. The van der Waals surface area contributed by atoms with Crippen molar-refractivity contribution in [1.29, 1.82) is 0 Å². The van der Waals surface area contributed by atoms with Crippen LogP contribution in [0.3, 0.4) is 0 Å². The van der Waals surface area contributed by atoms with Gasteiger partial charge in [0, 0.05) is 43.9 Å². The highest BCUT2D eigenvalue weighted by atomic mass is 19.4. The van der Waals surface area contributed by atoms with Crippen LogP contribution in [0.5, 0.6) is 0 Å². The number of hydrogen-bond acceptors (Lipinski definition) is 7. The summed E-state index contributed by atoms with van der Waals surface area (Å²) in [6.07, 6.45) is -4.71. The number of fused-ring (bicyclic) bond motifs is 1. The molecule has 0 aliphatic carbocycles. The molecule has 182 valence electrons. The number of nitrogens with zero attached hydrogens (tertiary/aromatic N) is 8. The molecule has 3 aromatic heterocycles. The second-order valence-electron chi connectivity index (χ2n) is 8.87. The van der Waals surface area contributed by atoms with E-state index in [0.717, 1.165) is 23.6 Å². The van der Waals surface area contributed by atoms with E-state index in [9.17, 15) is 26.3 Å². The molecule has 8 nitrogen and oxygen atoms in total. The Morgan fingerprint density at radius 3 is 2.29 bits per heavy atom. The van der Waals surface area contributed by atoms with Gasteiger partial charge in [-0.15, -0.1) is 0 Å². The van der Waals surface area contributed by atoms with Gasteiger partial charge in [0.15, 0.2) is 5.65 Å². The van der Waals surface area contributed by atoms with Gasteiger partial charge in [0.25, 0.3) is 0 Å². The average molecular weight is 486 g/mol. The molecule has 0 bridgehead atoms. The summed E-state index contributed by atoms with van der Waals surface area (Å²) in [6.45, 7) is 2.53. The van der Waals surface area contributed by atoms with Crippen molar-refractivity contribution in [2.45, 2.75) is 38.7 Å². The predicted molar refractivity (Wildman–Crippen MR) is 109 cm³/mol. The molecule has 1 spiro atoms. The lowest BCUT2D eigenvalue weighted by Gasteiger charge is -2.54. The van der Waals surface area contributed by atoms with Gasteiger partial charge in [0.05, 0.1) is 11.6 Å². The monoisotopic (exact) mass is 486 g/mol. The Hall–Kier alpha value is -3.19. The van der Waals surface area contributed by atoms with Crippen molar-refractivity contribution in [2.24, 2.45) is 5.41 Å². The number of alkyl halides is 6. The molecule has 5 rings (SSSR count). The van der Waals surface area contributed by atoms with Crippen molar-refractivity contribution in [3.63, 3.8) is 0 Å². The van der Waals surface area contributed by atoms with Crippen molar-refractivity contribution in [3.05, 3.63) is 30.0 Å². The van der Waals surface area contributed by atoms with E-state index < -0.39 is 24.6 Å². The minimum atomic E-state index is -4.54. The van der Waals surface area contributed by atoms with Crippen LogP contribution in [0.15, 0.2) is 18.5 Å². The number of hydrogen-bond donors (Lipinski definition) is 0. The van der Waals surface area contributed by atoms with E-state index in [1.807, 2.05) is 9.80 Å². The molecular formula is C20H20F6N8. The van der Waals surface area contributed by atoms with Gasteiger partial charge in [-0.3, -0.25) is 0 Å². The van der Waals surface area contributed by atoms with Gasteiger partial charge in [0.2, 0.25) is 5.95 Å². The number of aryl methyl sites for hydroxylation is 1. The Balaban J connectivity index is 1.25. The molecule has 0 aromatic carbocycles. The number of rotatable bonds is 3. The van der Waals surface area contributed by atoms with Crippen molar-refractivity contribution in [1.82, 2.24) is 29.7 Å². The van der Waals surface area contributed by atoms with Crippen molar-refractivity contribution in [3.8, 4) is 0 Å². The van der Waals surface area contributed by atoms with E-state index in [1.165, 1.54) is 19.3 Å². The minimum Gasteiger partial charge on any atom is -0.356 e. The SMILES string of the molecule is Cc1nc(N2CCC3(CC2)CN(c2ncc4cnn(CC(F)(F)F)c4n2)C3)cc(C(F)(F)F)n1. The van der Waals surface area contributed by atoms with Gasteiger partial charge in [-0.25, -0.2) is 19.6 Å². The summed E-state index contributed by atoms with van der Waals surface area (Å²) < 4.78 is 78.5. The highest BCUT2D eigenvalue weighted by molar-refractivity contribution is 5.74. The smallest absolute Gasteiger partial charge is 0.356 e. The van der Waals surface area contributed by atoms with Crippen LogP contribution < -0.4 is 9.80 Å². The van der Waals surface area contributed by atoms with Gasteiger partial charge >= 0.3 is 12.4 Å². The first-order valence-corrected chi connectivity index (χ1v) is 10.6. The first-order chi connectivity index (χ1) is 15.9.